The molecular weight excluding hydrogens is 289 g/mol. The molecule has 7 heteroatoms. The summed E-state index contributed by atoms with van der Waals surface area (Å²) >= 11 is 1.47. The standard InChI is InChI=1S/C13H15F3N2OS/c1-12(19,8-20-2)7-18-10-3-4-11(13(14,15)16)9(5-10)6-17/h3-5,18-19H,7-8H2,1-2H3. The SMILES string of the molecule is CSCC(C)(O)CNc1ccc(C(F)(F)F)c(C#N)c1. The lowest BCUT2D eigenvalue weighted by molar-refractivity contribution is -0.137. The molecule has 0 saturated heterocycles. The van der Waals surface area contributed by atoms with Crippen molar-refractivity contribution in [3.05, 3.63) is 29.3 Å². The number of alkyl halides is 3. The Kier molecular flexibility index (Phi) is 5.31. The van der Waals surface area contributed by atoms with E-state index in [0.29, 0.717) is 11.4 Å². The van der Waals surface area contributed by atoms with E-state index in [-0.39, 0.29) is 6.54 Å². The number of benzene rings is 1. The van der Waals surface area contributed by atoms with Crippen LogP contribution in [-0.2, 0) is 6.18 Å². The minimum absolute atomic E-state index is 0.185. The van der Waals surface area contributed by atoms with E-state index in [0.717, 1.165) is 12.1 Å². The maximum absolute atomic E-state index is 12.6. The van der Waals surface area contributed by atoms with Gasteiger partial charge in [-0.2, -0.15) is 30.2 Å². The van der Waals surface area contributed by atoms with Crippen molar-refractivity contribution in [3.63, 3.8) is 0 Å². The summed E-state index contributed by atoms with van der Waals surface area (Å²) in [7, 11) is 0. The van der Waals surface area contributed by atoms with Crippen LogP contribution in [0.25, 0.3) is 0 Å². The number of aliphatic hydroxyl groups is 1. The first-order valence-electron chi connectivity index (χ1n) is 5.76. The molecule has 0 aliphatic heterocycles. The van der Waals surface area contributed by atoms with Gasteiger partial charge in [0.25, 0.3) is 0 Å². The number of hydrogen-bond acceptors (Lipinski definition) is 4. The van der Waals surface area contributed by atoms with Crippen LogP contribution in [0.15, 0.2) is 18.2 Å². The molecule has 20 heavy (non-hydrogen) atoms. The number of thioether (sulfide) groups is 1. The van der Waals surface area contributed by atoms with Crippen LogP contribution in [0.5, 0.6) is 0 Å². The molecule has 0 radical (unpaired) electrons. The molecule has 0 aliphatic carbocycles. The van der Waals surface area contributed by atoms with Crippen molar-refractivity contribution in [1.82, 2.24) is 0 Å². The Hall–Kier alpha value is -1.39. The number of rotatable bonds is 5. The van der Waals surface area contributed by atoms with Gasteiger partial charge < -0.3 is 10.4 Å². The summed E-state index contributed by atoms with van der Waals surface area (Å²) in [6, 6.07) is 4.79. The second kappa shape index (κ2) is 6.37. The van der Waals surface area contributed by atoms with E-state index in [1.807, 2.05) is 6.26 Å². The second-order valence-electron chi connectivity index (χ2n) is 4.65. The maximum Gasteiger partial charge on any atom is 0.417 e. The van der Waals surface area contributed by atoms with Crippen molar-refractivity contribution < 1.29 is 18.3 Å². The Bertz CT molecular complexity index is 509. The summed E-state index contributed by atoms with van der Waals surface area (Å²) in [5.41, 5.74) is -2.00. The van der Waals surface area contributed by atoms with Gasteiger partial charge in [-0.15, -0.1) is 0 Å². The number of nitriles is 1. The molecule has 3 nitrogen and oxygen atoms in total. The normalized spacial score (nSPS) is 14.4. The van der Waals surface area contributed by atoms with Crippen molar-refractivity contribution in [2.45, 2.75) is 18.7 Å². The van der Waals surface area contributed by atoms with E-state index < -0.39 is 22.9 Å². The lowest BCUT2D eigenvalue weighted by Crippen LogP contribution is -2.36. The fraction of sp³-hybridized carbons (Fsp3) is 0.462. The van der Waals surface area contributed by atoms with Crippen LogP contribution < -0.4 is 5.32 Å². The van der Waals surface area contributed by atoms with E-state index in [1.165, 1.54) is 23.9 Å². The average Bonchev–Trinajstić information content (AvgIpc) is 2.35. The second-order valence-corrected chi connectivity index (χ2v) is 5.52. The smallest absolute Gasteiger partial charge is 0.387 e. The number of anilines is 1. The van der Waals surface area contributed by atoms with Crippen LogP contribution in [0.3, 0.4) is 0 Å². The maximum atomic E-state index is 12.6. The van der Waals surface area contributed by atoms with Gasteiger partial charge in [-0.1, -0.05) is 0 Å². The third-order valence-corrected chi connectivity index (χ3v) is 3.48. The van der Waals surface area contributed by atoms with Crippen LogP contribution in [0.4, 0.5) is 18.9 Å². The highest BCUT2D eigenvalue weighted by atomic mass is 32.2. The molecule has 0 spiro atoms. The van der Waals surface area contributed by atoms with E-state index in [2.05, 4.69) is 5.32 Å². The fourth-order valence-electron chi connectivity index (χ4n) is 1.65. The Labute approximate surface area is 119 Å². The summed E-state index contributed by atoms with van der Waals surface area (Å²) in [4.78, 5) is 0. The van der Waals surface area contributed by atoms with Gasteiger partial charge in [0.1, 0.15) is 0 Å². The summed E-state index contributed by atoms with van der Waals surface area (Å²) < 4.78 is 37.9. The molecule has 1 unspecified atom stereocenters. The molecule has 0 heterocycles. The van der Waals surface area contributed by atoms with Crippen molar-refractivity contribution in [3.8, 4) is 6.07 Å². The van der Waals surface area contributed by atoms with Crippen molar-refractivity contribution in [2.24, 2.45) is 0 Å². The average molecular weight is 304 g/mol. The first-order valence-corrected chi connectivity index (χ1v) is 7.15. The van der Waals surface area contributed by atoms with E-state index in [4.69, 9.17) is 5.26 Å². The number of nitrogens with one attached hydrogen (secondary N) is 1. The molecule has 0 saturated carbocycles. The molecule has 0 aliphatic rings. The monoisotopic (exact) mass is 304 g/mol. The van der Waals surface area contributed by atoms with Crippen LogP contribution in [0.2, 0.25) is 0 Å². The van der Waals surface area contributed by atoms with Gasteiger partial charge >= 0.3 is 6.18 Å². The molecule has 1 aromatic rings. The zero-order valence-electron chi connectivity index (χ0n) is 11.1. The first-order chi connectivity index (χ1) is 9.19. The lowest BCUT2D eigenvalue weighted by Gasteiger charge is -2.23. The Morgan fingerprint density at radius 3 is 2.55 bits per heavy atom. The Morgan fingerprint density at radius 2 is 2.05 bits per heavy atom. The Morgan fingerprint density at radius 1 is 1.40 bits per heavy atom. The minimum atomic E-state index is -4.55. The zero-order valence-corrected chi connectivity index (χ0v) is 11.9. The molecule has 2 N–H and O–H groups in total. The van der Waals surface area contributed by atoms with Crippen LogP contribution >= 0.6 is 11.8 Å². The quantitative estimate of drug-likeness (QED) is 0.877. The van der Waals surface area contributed by atoms with Crippen molar-refractivity contribution in [1.29, 1.82) is 5.26 Å². The summed E-state index contributed by atoms with van der Waals surface area (Å²) in [6.45, 7) is 1.82. The molecule has 0 bridgehead atoms. The molecule has 0 amide bonds. The van der Waals surface area contributed by atoms with E-state index in [9.17, 15) is 18.3 Å². The molecule has 1 rings (SSSR count). The predicted octanol–water partition coefficient (Wildman–Crippen LogP) is 3.10. The third kappa shape index (κ3) is 4.62. The number of halogens is 3. The lowest BCUT2D eigenvalue weighted by atomic mass is 10.1. The highest BCUT2D eigenvalue weighted by molar-refractivity contribution is 7.98. The van der Waals surface area contributed by atoms with Gasteiger partial charge in [0, 0.05) is 18.0 Å². The van der Waals surface area contributed by atoms with E-state index >= 15 is 0 Å². The van der Waals surface area contributed by atoms with Crippen LogP contribution in [0.1, 0.15) is 18.1 Å². The number of hydrogen-bond donors (Lipinski definition) is 2. The summed E-state index contributed by atoms with van der Waals surface area (Å²) in [5.74, 6) is 0.492. The van der Waals surface area contributed by atoms with Gasteiger partial charge in [-0.3, -0.25) is 0 Å². The van der Waals surface area contributed by atoms with Crippen molar-refractivity contribution >= 4 is 17.4 Å². The van der Waals surface area contributed by atoms with Gasteiger partial charge in [-0.05, 0) is 31.4 Å². The van der Waals surface area contributed by atoms with Crippen molar-refractivity contribution in [2.75, 3.05) is 23.9 Å². The summed E-state index contributed by atoms with van der Waals surface area (Å²) in [6.07, 6.45) is -2.70. The largest absolute Gasteiger partial charge is 0.417 e. The van der Waals surface area contributed by atoms with Gasteiger partial charge in [0.2, 0.25) is 0 Å². The first kappa shape index (κ1) is 16.7. The highest BCUT2D eigenvalue weighted by Gasteiger charge is 2.33. The van der Waals surface area contributed by atoms with Crippen LogP contribution in [0, 0.1) is 11.3 Å². The van der Waals surface area contributed by atoms with Gasteiger partial charge in [-0.25, -0.2) is 0 Å². The fourth-order valence-corrected chi connectivity index (χ4v) is 2.37. The highest BCUT2D eigenvalue weighted by Crippen LogP contribution is 2.33. The Balaban J connectivity index is 2.88. The summed E-state index contributed by atoms with van der Waals surface area (Å²) in [5, 5.41) is 21.6. The molecular formula is C13H15F3N2OS. The topological polar surface area (TPSA) is 56.0 Å². The zero-order chi connectivity index (χ0) is 15.4. The van der Waals surface area contributed by atoms with Crippen LogP contribution in [-0.4, -0.2) is 29.3 Å². The molecule has 0 fully saturated rings. The predicted molar refractivity (Wildman–Crippen MR) is 73.7 cm³/mol. The molecule has 1 aromatic carbocycles. The van der Waals surface area contributed by atoms with E-state index in [1.54, 1.807) is 6.92 Å². The third-order valence-electron chi connectivity index (χ3n) is 2.57. The van der Waals surface area contributed by atoms with Gasteiger partial charge in [0.05, 0.1) is 22.8 Å². The molecule has 110 valence electrons. The molecule has 0 aromatic heterocycles. The van der Waals surface area contributed by atoms with Gasteiger partial charge in [0.15, 0.2) is 0 Å². The number of nitrogens with zero attached hydrogens (tertiary/aromatic N) is 1. The molecule has 1 atom stereocenters. The minimum Gasteiger partial charge on any atom is -0.387 e.